The average molecular weight is 323 g/mol. The summed E-state index contributed by atoms with van der Waals surface area (Å²) in [4.78, 5) is 14.0. The van der Waals surface area contributed by atoms with Gasteiger partial charge < -0.3 is 4.74 Å². The van der Waals surface area contributed by atoms with E-state index in [-0.39, 0.29) is 5.69 Å². The average Bonchev–Trinajstić information content (AvgIpc) is 2.34. The van der Waals surface area contributed by atoms with Gasteiger partial charge in [-0.05, 0) is 37.1 Å². The molecule has 0 atom stereocenters. The van der Waals surface area contributed by atoms with Crippen molar-refractivity contribution in [2.75, 3.05) is 0 Å². The molecule has 98 valence electrons. The molecule has 0 saturated carbocycles. The van der Waals surface area contributed by atoms with E-state index in [4.69, 9.17) is 4.74 Å². The molecular weight excluding hydrogens is 312 g/mol. The van der Waals surface area contributed by atoms with Crippen LogP contribution >= 0.6 is 15.9 Å². The van der Waals surface area contributed by atoms with E-state index in [1.165, 1.54) is 18.3 Å². The Morgan fingerprint density at radius 1 is 1.26 bits per heavy atom. The molecule has 19 heavy (non-hydrogen) atoms. The van der Waals surface area contributed by atoms with Crippen LogP contribution in [0.2, 0.25) is 0 Å². The first-order chi connectivity index (χ1) is 8.97. The summed E-state index contributed by atoms with van der Waals surface area (Å²) >= 11 is 3.41. The third kappa shape index (κ3) is 3.08. The Morgan fingerprint density at radius 2 is 1.89 bits per heavy atom. The molecule has 5 nitrogen and oxygen atoms in total. The SMILES string of the molecule is Cc1cc(Br)cc(C)c1Oc1ccc([N+](=O)[O-])cn1. The van der Waals surface area contributed by atoms with Crippen LogP contribution in [-0.2, 0) is 0 Å². The van der Waals surface area contributed by atoms with Crippen LogP contribution in [0, 0.1) is 24.0 Å². The first kappa shape index (κ1) is 13.5. The lowest BCUT2D eigenvalue weighted by molar-refractivity contribution is -0.385. The van der Waals surface area contributed by atoms with Crippen molar-refractivity contribution in [2.24, 2.45) is 0 Å². The van der Waals surface area contributed by atoms with Crippen LogP contribution in [0.25, 0.3) is 0 Å². The number of pyridine rings is 1. The standard InChI is InChI=1S/C13H11BrN2O3/c1-8-5-10(14)6-9(2)13(8)19-12-4-3-11(7-15-12)16(17)18/h3-7H,1-2H3. The Kier molecular flexibility index (Phi) is 3.80. The minimum Gasteiger partial charge on any atom is -0.438 e. The second-order valence-electron chi connectivity index (χ2n) is 4.08. The smallest absolute Gasteiger partial charge is 0.287 e. The van der Waals surface area contributed by atoms with Gasteiger partial charge in [-0.2, -0.15) is 0 Å². The quantitative estimate of drug-likeness (QED) is 0.628. The first-order valence-electron chi connectivity index (χ1n) is 5.52. The zero-order valence-electron chi connectivity index (χ0n) is 10.4. The van der Waals surface area contributed by atoms with Gasteiger partial charge in [-0.15, -0.1) is 0 Å². The van der Waals surface area contributed by atoms with E-state index >= 15 is 0 Å². The molecule has 0 aliphatic heterocycles. The Balaban J connectivity index is 2.29. The van der Waals surface area contributed by atoms with Crippen LogP contribution < -0.4 is 4.74 Å². The van der Waals surface area contributed by atoms with Crippen molar-refractivity contribution in [3.8, 4) is 11.6 Å². The maximum absolute atomic E-state index is 10.5. The van der Waals surface area contributed by atoms with Gasteiger partial charge in [-0.1, -0.05) is 15.9 Å². The van der Waals surface area contributed by atoms with Crippen molar-refractivity contribution in [1.29, 1.82) is 0 Å². The lowest BCUT2D eigenvalue weighted by Crippen LogP contribution is -1.94. The molecule has 0 N–H and O–H groups in total. The van der Waals surface area contributed by atoms with Gasteiger partial charge in [0.1, 0.15) is 11.9 Å². The second-order valence-corrected chi connectivity index (χ2v) is 5.00. The molecule has 0 radical (unpaired) electrons. The molecule has 1 aromatic heterocycles. The Morgan fingerprint density at radius 3 is 2.37 bits per heavy atom. The van der Waals surface area contributed by atoms with E-state index in [1.807, 2.05) is 26.0 Å². The Hall–Kier alpha value is -1.95. The molecular formula is C13H11BrN2O3. The lowest BCUT2D eigenvalue weighted by Gasteiger charge is -2.11. The predicted molar refractivity (Wildman–Crippen MR) is 74.6 cm³/mol. The number of rotatable bonds is 3. The number of nitro groups is 1. The highest BCUT2D eigenvalue weighted by atomic mass is 79.9. The number of hydrogen-bond donors (Lipinski definition) is 0. The molecule has 0 bridgehead atoms. The zero-order chi connectivity index (χ0) is 14.0. The fourth-order valence-electron chi connectivity index (χ4n) is 1.70. The molecule has 0 fully saturated rings. The van der Waals surface area contributed by atoms with Gasteiger partial charge in [-0.3, -0.25) is 10.1 Å². The molecule has 0 amide bonds. The number of hydrogen-bond acceptors (Lipinski definition) is 4. The van der Waals surface area contributed by atoms with Gasteiger partial charge in [0, 0.05) is 16.6 Å². The van der Waals surface area contributed by atoms with Crippen LogP contribution in [0.3, 0.4) is 0 Å². The third-order valence-corrected chi connectivity index (χ3v) is 3.02. The van der Waals surface area contributed by atoms with Crippen molar-refractivity contribution >= 4 is 21.6 Å². The number of halogens is 1. The van der Waals surface area contributed by atoms with Crippen molar-refractivity contribution in [3.63, 3.8) is 0 Å². The van der Waals surface area contributed by atoms with Gasteiger partial charge in [0.25, 0.3) is 5.69 Å². The van der Waals surface area contributed by atoms with E-state index in [0.29, 0.717) is 11.6 Å². The van der Waals surface area contributed by atoms with E-state index in [1.54, 1.807) is 0 Å². The minimum absolute atomic E-state index is 0.0587. The summed E-state index contributed by atoms with van der Waals surface area (Å²) in [5, 5.41) is 10.5. The summed E-state index contributed by atoms with van der Waals surface area (Å²) in [6.45, 7) is 3.86. The molecule has 1 heterocycles. The monoisotopic (exact) mass is 322 g/mol. The van der Waals surface area contributed by atoms with Crippen molar-refractivity contribution < 1.29 is 9.66 Å². The van der Waals surface area contributed by atoms with Gasteiger partial charge >= 0.3 is 0 Å². The third-order valence-electron chi connectivity index (χ3n) is 2.56. The molecule has 0 spiro atoms. The fourth-order valence-corrected chi connectivity index (χ4v) is 2.39. The van der Waals surface area contributed by atoms with E-state index in [0.717, 1.165) is 15.6 Å². The second kappa shape index (κ2) is 5.36. The molecule has 0 saturated heterocycles. The summed E-state index contributed by atoms with van der Waals surface area (Å²) in [5.74, 6) is 1.05. The molecule has 1 aromatic carbocycles. The molecule has 2 rings (SSSR count). The Bertz CT molecular complexity index is 603. The summed E-state index contributed by atoms with van der Waals surface area (Å²) in [5.41, 5.74) is 1.87. The van der Waals surface area contributed by atoms with Crippen molar-refractivity contribution in [1.82, 2.24) is 4.98 Å². The van der Waals surface area contributed by atoms with Crippen molar-refractivity contribution in [3.05, 3.63) is 56.2 Å². The predicted octanol–water partition coefficient (Wildman–Crippen LogP) is 4.16. The van der Waals surface area contributed by atoms with Crippen LogP contribution in [-0.4, -0.2) is 9.91 Å². The molecule has 2 aromatic rings. The maximum Gasteiger partial charge on any atom is 0.287 e. The zero-order valence-corrected chi connectivity index (χ0v) is 12.0. The topological polar surface area (TPSA) is 65.3 Å². The Labute approximate surface area is 118 Å². The molecule has 6 heteroatoms. The minimum atomic E-state index is -0.493. The summed E-state index contributed by atoms with van der Waals surface area (Å²) < 4.78 is 6.65. The first-order valence-corrected chi connectivity index (χ1v) is 6.31. The normalized spacial score (nSPS) is 10.3. The maximum atomic E-state index is 10.5. The molecule has 0 aliphatic carbocycles. The highest BCUT2D eigenvalue weighted by molar-refractivity contribution is 9.10. The van der Waals surface area contributed by atoms with Crippen LogP contribution in [0.15, 0.2) is 34.9 Å². The van der Waals surface area contributed by atoms with Gasteiger partial charge in [0.15, 0.2) is 0 Å². The highest BCUT2D eigenvalue weighted by Gasteiger charge is 2.10. The van der Waals surface area contributed by atoms with E-state index in [2.05, 4.69) is 20.9 Å². The molecule has 0 aliphatic rings. The van der Waals surface area contributed by atoms with Gasteiger partial charge in [0.2, 0.25) is 5.88 Å². The number of aromatic nitrogens is 1. The molecule has 0 unspecified atom stereocenters. The summed E-state index contributed by atoms with van der Waals surface area (Å²) in [7, 11) is 0. The van der Waals surface area contributed by atoms with E-state index in [9.17, 15) is 10.1 Å². The van der Waals surface area contributed by atoms with Gasteiger partial charge in [0.05, 0.1) is 4.92 Å². The van der Waals surface area contributed by atoms with Crippen molar-refractivity contribution in [2.45, 2.75) is 13.8 Å². The largest absolute Gasteiger partial charge is 0.438 e. The number of benzene rings is 1. The lowest BCUT2D eigenvalue weighted by atomic mass is 10.1. The summed E-state index contributed by atoms with van der Waals surface area (Å²) in [6.07, 6.45) is 1.18. The highest BCUT2D eigenvalue weighted by Crippen LogP contribution is 2.31. The number of nitrogens with zero attached hydrogens (tertiary/aromatic N) is 2. The number of ether oxygens (including phenoxy) is 1. The fraction of sp³-hybridized carbons (Fsp3) is 0.154. The number of aryl methyl sites for hydroxylation is 2. The van der Waals surface area contributed by atoms with E-state index < -0.39 is 4.92 Å². The van der Waals surface area contributed by atoms with Gasteiger partial charge in [-0.25, -0.2) is 4.98 Å². The summed E-state index contributed by atoms with van der Waals surface area (Å²) in [6, 6.07) is 6.73. The van der Waals surface area contributed by atoms with Crippen LogP contribution in [0.5, 0.6) is 11.6 Å². The van der Waals surface area contributed by atoms with Crippen LogP contribution in [0.1, 0.15) is 11.1 Å². The van der Waals surface area contributed by atoms with Crippen LogP contribution in [0.4, 0.5) is 5.69 Å².